The van der Waals surface area contributed by atoms with Gasteiger partial charge in [0.25, 0.3) is 0 Å². The molecule has 4 nitrogen and oxygen atoms in total. The summed E-state index contributed by atoms with van der Waals surface area (Å²) in [6, 6.07) is 10.5. The lowest BCUT2D eigenvalue weighted by Crippen LogP contribution is -2.42. The molecule has 0 saturated carbocycles. The van der Waals surface area contributed by atoms with Crippen LogP contribution in [0.15, 0.2) is 40.9 Å². The van der Waals surface area contributed by atoms with Crippen LogP contribution < -0.4 is 5.73 Å². The predicted molar refractivity (Wildman–Crippen MR) is 98.3 cm³/mol. The summed E-state index contributed by atoms with van der Waals surface area (Å²) in [5.74, 6) is -0.0200. The van der Waals surface area contributed by atoms with Crippen LogP contribution in [0.2, 0.25) is 0 Å². The van der Waals surface area contributed by atoms with Gasteiger partial charge >= 0.3 is 5.97 Å². The zero-order chi connectivity index (χ0) is 17.3. The van der Waals surface area contributed by atoms with Gasteiger partial charge in [0.2, 0.25) is 0 Å². The van der Waals surface area contributed by atoms with Gasteiger partial charge in [0.1, 0.15) is 5.60 Å². The number of nitrogens with zero attached hydrogens (tertiary/aromatic N) is 1. The third-order valence-electron chi connectivity index (χ3n) is 4.43. The first-order valence-corrected chi connectivity index (χ1v) is 9.37. The average molecular weight is 346 g/mol. The van der Waals surface area contributed by atoms with E-state index in [2.05, 4.69) is 29.2 Å². The summed E-state index contributed by atoms with van der Waals surface area (Å²) in [6.45, 7) is 8.57. The van der Waals surface area contributed by atoms with E-state index in [1.807, 2.05) is 26.8 Å². The fourth-order valence-electron chi connectivity index (χ4n) is 3.41. The Morgan fingerprint density at radius 3 is 2.71 bits per heavy atom. The smallest absolute Gasteiger partial charge is 0.337 e. The maximum atomic E-state index is 12.5. The van der Waals surface area contributed by atoms with Crippen molar-refractivity contribution in [1.82, 2.24) is 4.90 Å². The minimum Gasteiger partial charge on any atom is -0.457 e. The molecule has 1 aromatic rings. The van der Waals surface area contributed by atoms with Crippen LogP contribution in [0.5, 0.6) is 0 Å². The van der Waals surface area contributed by atoms with Crippen LogP contribution >= 0.6 is 11.8 Å². The number of ether oxygens (including phenoxy) is 1. The first kappa shape index (κ1) is 17.4. The lowest BCUT2D eigenvalue weighted by molar-refractivity contribution is -0.150. The van der Waals surface area contributed by atoms with E-state index in [9.17, 15) is 4.79 Å². The van der Waals surface area contributed by atoms with Gasteiger partial charge in [0, 0.05) is 24.3 Å². The van der Waals surface area contributed by atoms with Crippen molar-refractivity contribution < 1.29 is 9.53 Å². The summed E-state index contributed by atoms with van der Waals surface area (Å²) < 4.78 is 5.56. The highest BCUT2D eigenvalue weighted by Crippen LogP contribution is 2.44. The van der Waals surface area contributed by atoms with Crippen LogP contribution in [-0.4, -0.2) is 34.8 Å². The molecule has 5 heteroatoms. The maximum absolute atomic E-state index is 12.5. The second-order valence-electron chi connectivity index (χ2n) is 7.55. The maximum Gasteiger partial charge on any atom is 0.337 e. The van der Waals surface area contributed by atoms with E-state index in [1.54, 1.807) is 11.8 Å². The second kappa shape index (κ2) is 6.81. The van der Waals surface area contributed by atoms with Crippen LogP contribution in [0.4, 0.5) is 0 Å². The topological polar surface area (TPSA) is 55.6 Å². The molecule has 24 heavy (non-hydrogen) atoms. The molecule has 0 spiro atoms. The molecular weight excluding hydrogens is 320 g/mol. The molecule has 1 fully saturated rings. The predicted octanol–water partition coefficient (Wildman–Crippen LogP) is 3.14. The molecule has 2 atom stereocenters. The van der Waals surface area contributed by atoms with Crippen molar-refractivity contribution in [1.29, 1.82) is 0 Å². The van der Waals surface area contributed by atoms with Crippen LogP contribution in [0, 0.1) is 5.92 Å². The monoisotopic (exact) mass is 346 g/mol. The molecule has 2 aliphatic heterocycles. The number of likely N-dealkylation sites (tertiary alicyclic amines) is 1. The summed E-state index contributed by atoms with van der Waals surface area (Å²) in [5, 5.41) is 1.01. The molecule has 2 aliphatic rings. The number of piperidine rings is 1. The number of hydrogen-bond acceptors (Lipinski definition) is 5. The summed E-state index contributed by atoms with van der Waals surface area (Å²) in [6.07, 6.45) is 0.958. The number of hydrogen-bond donors (Lipinski definition) is 1. The van der Waals surface area contributed by atoms with Crippen LogP contribution in [0.1, 0.15) is 32.8 Å². The fourth-order valence-corrected chi connectivity index (χ4v) is 4.82. The average Bonchev–Trinajstić information content (AvgIpc) is 2.81. The van der Waals surface area contributed by atoms with Gasteiger partial charge in [-0.2, -0.15) is 0 Å². The SMILES string of the molecule is CC(C)(C)OC(=O)C1=C(N)SC2CN(Cc3ccccc3)CCC12. The summed E-state index contributed by atoms with van der Waals surface area (Å²) in [7, 11) is 0. The number of fused-ring (bicyclic) bond motifs is 1. The fraction of sp³-hybridized carbons (Fsp3) is 0.526. The third-order valence-corrected chi connectivity index (χ3v) is 5.68. The Bertz CT molecular complexity index is 637. The third kappa shape index (κ3) is 3.95. The van der Waals surface area contributed by atoms with E-state index in [0.717, 1.165) is 26.1 Å². The number of carbonyl (C=O) groups is 1. The number of nitrogens with two attached hydrogens (primary N) is 1. The molecule has 0 aromatic heterocycles. The Labute approximate surface area is 148 Å². The molecule has 0 amide bonds. The summed E-state index contributed by atoms with van der Waals surface area (Å²) in [4.78, 5) is 15.0. The Kier molecular flexibility index (Phi) is 4.92. The minimum absolute atomic E-state index is 0.219. The first-order chi connectivity index (χ1) is 11.3. The molecule has 0 radical (unpaired) electrons. The van der Waals surface area contributed by atoms with Gasteiger partial charge in [-0.15, -0.1) is 11.8 Å². The lowest BCUT2D eigenvalue weighted by Gasteiger charge is -2.35. The number of thioether (sulfide) groups is 1. The number of rotatable bonds is 3. The van der Waals surface area contributed by atoms with Crippen molar-refractivity contribution in [2.75, 3.05) is 13.1 Å². The van der Waals surface area contributed by atoms with Gasteiger partial charge in [-0.1, -0.05) is 30.3 Å². The van der Waals surface area contributed by atoms with E-state index < -0.39 is 5.60 Å². The molecule has 0 aliphatic carbocycles. The molecule has 0 bridgehead atoms. The minimum atomic E-state index is -0.485. The van der Waals surface area contributed by atoms with Gasteiger partial charge in [0.05, 0.1) is 10.6 Å². The van der Waals surface area contributed by atoms with Gasteiger partial charge in [-0.3, -0.25) is 4.90 Å². The Morgan fingerprint density at radius 2 is 2.04 bits per heavy atom. The van der Waals surface area contributed by atoms with E-state index in [4.69, 9.17) is 10.5 Å². The van der Waals surface area contributed by atoms with Crippen molar-refractivity contribution in [2.45, 2.75) is 44.6 Å². The lowest BCUT2D eigenvalue weighted by atomic mass is 9.89. The van der Waals surface area contributed by atoms with Crippen molar-refractivity contribution in [3.63, 3.8) is 0 Å². The highest BCUT2D eigenvalue weighted by Gasteiger charge is 2.42. The summed E-state index contributed by atoms with van der Waals surface area (Å²) >= 11 is 1.64. The molecule has 3 rings (SSSR count). The second-order valence-corrected chi connectivity index (χ2v) is 8.83. The largest absolute Gasteiger partial charge is 0.457 e. The molecule has 2 heterocycles. The van der Waals surface area contributed by atoms with Gasteiger partial charge in [-0.25, -0.2) is 4.79 Å². The van der Waals surface area contributed by atoms with E-state index in [1.165, 1.54) is 5.56 Å². The Hall–Kier alpha value is -1.46. The molecule has 1 saturated heterocycles. The van der Waals surface area contributed by atoms with Crippen LogP contribution in [-0.2, 0) is 16.1 Å². The molecule has 2 N–H and O–H groups in total. The zero-order valence-electron chi connectivity index (χ0n) is 14.6. The van der Waals surface area contributed by atoms with Crippen molar-refractivity contribution in [3.8, 4) is 0 Å². The van der Waals surface area contributed by atoms with E-state index in [-0.39, 0.29) is 11.9 Å². The number of benzene rings is 1. The highest BCUT2D eigenvalue weighted by molar-refractivity contribution is 8.04. The normalized spacial score (nSPS) is 24.8. The van der Waals surface area contributed by atoms with Crippen molar-refractivity contribution in [3.05, 3.63) is 46.5 Å². The van der Waals surface area contributed by atoms with E-state index >= 15 is 0 Å². The Morgan fingerprint density at radius 1 is 1.33 bits per heavy atom. The van der Waals surface area contributed by atoms with Gasteiger partial charge in [-0.05, 0) is 39.3 Å². The molecule has 130 valence electrons. The van der Waals surface area contributed by atoms with Crippen LogP contribution in [0.25, 0.3) is 0 Å². The van der Waals surface area contributed by atoms with Crippen molar-refractivity contribution >= 4 is 17.7 Å². The number of esters is 1. The number of carbonyl (C=O) groups excluding carboxylic acids is 1. The molecular formula is C19H26N2O2S. The van der Waals surface area contributed by atoms with Gasteiger partial charge in [0.15, 0.2) is 0 Å². The molecule has 1 aromatic carbocycles. The standard InChI is InChI=1S/C19H26N2O2S/c1-19(2,3)23-18(22)16-14-9-10-21(12-15(14)24-17(16)20)11-13-7-5-4-6-8-13/h4-8,14-15H,9-12,20H2,1-3H3. The zero-order valence-corrected chi connectivity index (χ0v) is 15.4. The Balaban J connectivity index is 1.64. The van der Waals surface area contributed by atoms with Crippen LogP contribution in [0.3, 0.4) is 0 Å². The van der Waals surface area contributed by atoms with Crippen molar-refractivity contribution in [2.24, 2.45) is 11.7 Å². The highest BCUT2D eigenvalue weighted by atomic mass is 32.2. The first-order valence-electron chi connectivity index (χ1n) is 8.49. The van der Waals surface area contributed by atoms with E-state index in [0.29, 0.717) is 15.9 Å². The van der Waals surface area contributed by atoms with Gasteiger partial charge < -0.3 is 10.5 Å². The quantitative estimate of drug-likeness (QED) is 0.852. The molecule has 2 unspecified atom stereocenters. The summed E-state index contributed by atoms with van der Waals surface area (Å²) in [5.41, 5.74) is 7.73.